The van der Waals surface area contributed by atoms with E-state index in [-0.39, 0.29) is 5.91 Å². The van der Waals surface area contributed by atoms with Crippen molar-refractivity contribution in [1.82, 2.24) is 10.1 Å². The molecule has 116 valence electrons. The van der Waals surface area contributed by atoms with Gasteiger partial charge in [-0.3, -0.25) is 4.79 Å². The van der Waals surface area contributed by atoms with Gasteiger partial charge in [-0.15, -0.1) is 11.8 Å². The Morgan fingerprint density at radius 1 is 1.27 bits per heavy atom. The molecular formula is C17H20N2O2S. The van der Waals surface area contributed by atoms with Crippen LogP contribution in [0.2, 0.25) is 0 Å². The number of thioether (sulfide) groups is 1. The smallest absolute Gasteiger partial charge is 0.254 e. The third-order valence-electron chi connectivity index (χ3n) is 4.06. The number of amides is 1. The molecule has 5 heteroatoms. The van der Waals surface area contributed by atoms with Gasteiger partial charge in [-0.2, -0.15) is 0 Å². The summed E-state index contributed by atoms with van der Waals surface area (Å²) in [5.41, 5.74) is 2.85. The van der Waals surface area contributed by atoms with Gasteiger partial charge in [0.25, 0.3) is 5.91 Å². The highest BCUT2D eigenvalue weighted by Crippen LogP contribution is 2.30. The molecule has 0 bridgehead atoms. The van der Waals surface area contributed by atoms with E-state index in [0.717, 1.165) is 59.2 Å². The maximum Gasteiger partial charge on any atom is 0.254 e. The first-order valence-electron chi connectivity index (χ1n) is 7.59. The largest absolute Gasteiger partial charge is 0.361 e. The lowest BCUT2D eigenvalue weighted by atomic mass is 10.2. The Morgan fingerprint density at radius 3 is 2.68 bits per heavy atom. The van der Waals surface area contributed by atoms with Gasteiger partial charge in [0.2, 0.25) is 0 Å². The monoisotopic (exact) mass is 316 g/mol. The van der Waals surface area contributed by atoms with Crippen molar-refractivity contribution in [3.63, 3.8) is 0 Å². The fraction of sp³-hybridized carbons (Fsp3) is 0.412. The second-order valence-electron chi connectivity index (χ2n) is 5.59. The van der Waals surface area contributed by atoms with Gasteiger partial charge < -0.3 is 9.42 Å². The molecule has 4 nitrogen and oxygen atoms in total. The Balaban J connectivity index is 1.78. The van der Waals surface area contributed by atoms with E-state index in [1.165, 1.54) is 0 Å². The average Bonchev–Trinajstić information content (AvgIpc) is 3.16. The van der Waals surface area contributed by atoms with Gasteiger partial charge >= 0.3 is 0 Å². The SMILES string of the molecule is Cc1noc(C)c1CSc1ccccc1C(=O)N1CCCC1. The molecule has 0 atom stereocenters. The van der Waals surface area contributed by atoms with Gasteiger partial charge in [0.1, 0.15) is 5.76 Å². The van der Waals surface area contributed by atoms with E-state index in [9.17, 15) is 4.79 Å². The van der Waals surface area contributed by atoms with Gasteiger partial charge in [0, 0.05) is 29.3 Å². The van der Waals surface area contributed by atoms with Gasteiger partial charge in [0.15, 0.2) is 0 Å². The molecule has 1 saturated heterocycles. The highest BCUT2D eigenvalue weighted by Gasteiger charge is 2.22. The van der Waals surface area contributed by atoms with Crippen LogP contribution in [0.5, 0.6) is 0 Å². The number of nitrogens with zero attached hydrogens (tertiary/aromatic N) is 2. The summed E-state index contributed by atoms with van der Waals surface area (Å²) < 4.78 is 5.20. The lowest BCUT2D eigenvalue weighted by molar-refractivity contribution is 0.0789. The van der Waals surface area contributed by atoms with Crippen LogP contribution in [-0.2, 0) is 5.75 Å². The summed E-state index contributed by atoms with van der Waals surface area (Å²) in [5.74, 6) is 1.78. The van der Waals surface area contributed by atoms with Crippen LogP contribution in [0.3, 0.4) is 0 Å². The summed E-state index contributed by atoms with van der Waals surface area (Å²) in [6, 6.07) is 7.86. The summed E-state index contributed by atoms with van der Waals surface area (Å²) >= 11 is 1.67. The molecule has 2 aromatic rings. The van der Waals surface area contributed by atoms with Crippen LogP contribution in [0.1, 0.15) is 40.2 Å². The summed E-state index contributed by atoms with van der Waals surface area (Å²) in [4.78, 5) is 15.6. The standard InChI is InChI=1S/C17H20N2O2S/c1-12-15(13(2)21-18-12)11-22-16-8-4-3-7-14(16)17(20)19-9-5-6-10-19/h3-4,7-8H,5-6,9-11H2,1-2H3. The molecule has 2 heterocycles. The molecule has 1 amide bonds. The fourth-order valence-electron chi connectivity index (χ4n) is 2.72. The second kappa shape index (κ2) is 6.57. The maximum atomic E-state index is 12.6. The number of carbonyl (C=O) groups excluding carboxylic acids is 1. The lowest BCUT2D eigenvalue weighted by Crippen LogP contribution is -2.28. The van der Waals surface area contributed by atoms with Crippen LogP contribution < -0.4 is 0 Å². The molecule has 1 aromatic heterocycles. The molecule has 0 aliphatic carbocycles. The van der Waals surface area contributed by atoms with Crippen molar-refractivity contribution in [1.29, 1.82) is 0 Å². The Kier molecular flexibility index (Phi) is 4.52. The van der Waals surface area contributed by atoms with E-state index in [2.05, 4.69) is 5.16 Å². The van der Waals surface area contributed by atoms with E-state index in [4.69, 9.17) is 4.52 Å². The van der Waals surface area contributed by atoms with Crippen molar-refractivity contribution < 1.29 is 9.32 Å². The number of aromatic nitrogens is 1. The van der Waals surface area contributed by atoms with E-state index < -0.39 is 0 Å². The van der Waals surface area contributed by atoms with Crippen LogP contribution in [0, 0.1) is 13.8 Å². The minimum Gasteiger partial charge on any atom is -0.361 e. The molecule has 1 aliphatic heterocycles. The molecule has 1 aromatic carbocycles. The van der Waals surface area contributed by atoms with Gasteiger partial charge in [0.05, 0.1) is 11.3 Å². The summed E-state index contributed by atoms with van der Waals surface area (Å²) in [6.07, 6.45) is 2.22. The minimum absolute atomic E-state index is 0.152. The molecule has 0 N–H and O–H groups in total. The van der Waals surface area contributed by atoms with E-state index in [0.29, 0.717) is 0 Å². The van der Waals surface area contributed by atoms with Gasteiger partial charge in [-0.1, -0.05) is 17.3 Å². The van der Waals surface area contributed by atoms with Crippen LogP contribution in [0.15, 0.2) is 33.7 Å². The first-order valence-corrected chi connectivity index (χ1v) is 8.58. The molecule has 0 spiro atoms. The van der Waals surface area contributed by atoms with Crippen LogP contribution in [0.4, 0.5) is 0 Å². The Hall–Kier alpha value is -1.75. The Labute approximate surface area is 134 Å². The zero-order valence-electron chi connectivity index (χ0n) is 13.0. The van der Waals surface area contributed by atoms with E-state index in [1.807, 2.05) is 43.0 Å². The number of rotatable bonds is 4. The predicted molar refractivity (Wildman–Crippen MR) is 87.1 cm³/mol. The molecule has 0 radical (unpaired) electrons. The quantitative estimate of drug-likeness (QED) is 0.805. The molecule has 1 aliphatic rings. The van der Waals surface area contributed by atoms with E-state index in [1.54, 1.807) is 11.8 Å². The molecule has 1 fully saturated rings. The summed E-state index contributed by atoms with van der Waals surface area (Å²) in [6.45, 7) is 5.63. The van der Waals surface area contributed by atoms with Crippen LogP contribution in [0.25, 0.3) is 0 Å². The number of hydrogen-bond donors (Lipinski definition) is 0. The summed E-state index contributed by atoms with van der Waals surface area (Å²) in [5, 5.41) is 3.99. The van der Waals surface area contributed by atoms with Crippen LogP contribution >= 0.6 is 11.8 Å². The lowest BCUT2D eigenvalue weighted by Gasteiger charge is -2.17. The number of benzene rings is 1. The predicted octanol–water partition coefficient (Wildman–Crippen LogP) is 3.82. The van der Waals surface area contributed by atoms with Crippen LogP contribution in [-0.4, -0.2) is 29.1 Å². The van der Waals surface area contributed by atoms with Crippen molar-refractivity contribution in [3.8, 4) is 0 Å². The Bertz CT molecular complexity index is 656. The van der Waals surface area contributed by atoms with Crippen molar-refractivity contribution in [2.24, 2.45) is 0 Å². The molecule has 3 rings (SSSR count). The maximum absolute atomic E-state index is 12.6. The number of hydrogen-bond acceptors (Lipinski definition) is 4. The Morgan fingerprint density at radius 2 is 2.00 bits per heavy atom. The zero-order valence-corrected chi connectivity index (χ0v) is 13.8. The highest BCUT2D eigenvalue weighted by atomic mass is 32.2. The van der Waals surface area contributed by atoms with Crippen molar-refractivity contribution >= 4 is 17.7 Å². The topological polar surface area (TPSA) is 46.3 Å². The van der Waals surface area contributed by atoms with Crippen molar-refractivity contribution in [2.75, 3.05) is 13.1 Å². The van der Waals surface area contributed by atoms with E-state index >= 15 is 0 Å². The van der Waals surface area contributed by atoms with Crippen molar-refractivity contribution in [3.05, 3.63) is 46.8 Å². The highest BCUT2D eigenvalue weighted by molar-refractivity contribution is 7.98. The molecule has 0 saturated carbocycles. The number of carbonyl (C=O) groups is 1. The molecular weight excluding hydrogens is 296 g/mol. The first-order chi connectivity index (χ1) is 10.7. The third-order valence-corrected chi connectivity index (χ3v) is 5.16. The zero-order chi connectivity index (χ0) is 15.5. The van der Waals surface area contributed by atoms with Gasteiger partial charge in [-0.25, -0.2) is 0 Å². The number of aryl methyl sites for hydroxylation is 2. The minimum atomic E-state index is 0.152. The average molecular weight is 316 g/mol. The first kappa shape index (κ1) is 15.2. The third kappa shape index (κ3) is 3.04. The fourth-order valence-corrected chi connectivity index (χ4v) is 3.92. The second-order valence-corrected chi connectivity index (χ2v) is 6.60. The normalized spacial score (nSPS) is 14.5. The number of likely N-dealkylation sites (tertiary alicyclic amines) is 1. The summed E-state index contributed by atoms with van der Waals surface area (Å²) in [7, 11) is 0. The molecule has 22 heavy (non-hydrogen) atoms. The van der Waals surface area contributed by atoms with Gasteiger partial charge in [-0.05, 0) is 38.8 Å². The van der Waals surface area contributed by atoms with Crippen molar-refractivity contribution in [2.45, 2.75) is 37.3 Å². The molecule has 0 unspecified atom stereocenters.